The molecule has 176 valence electrons. The number of carbonyl (C=O) groups excluding carboxylic acids is 1. The highest BCUT2D eigenvalue weighted by molar-refractivity contribution is 5.95. The van der Waals surface area contributed by atoms with E-state index in [2.05, 4.69) is 15.0 Å². The summed E-state index contributed by atoms with van der Waals surface area (Å²) in [5, 5.41) is 10.5. The van der Waals surface area contributed by atoms with Crippen LogP contribution in [-0.4, -0.2) is 55.1 Å². The molecule has 0 saturated carbocycles. The van der Waals surface area contributed by atoms with E-state index >= 15 is 0 Å². The summed E-state index contributed by atoms with van der Waals surface area (Å²) in [7, 11) is 1.51. The zero-order valence-corrected chi connectivity index (χ0v) is 19.0. The summed E-state index contributed by atoms with van der Waals surface area (Å²) in [5.41, 5.74) is 3.47. The quantitative estimate of drug-likeness (QED) is 0.440. The Labute approximate surface area is 201 Å². The van der Waals surface area contributed by atoms with Crippen molar-refractivity contribution in [3.8, 4) is 5.88 Å². The lowest BCUT2D eigenvalue weighted by molar-refractivity contribution is -0.138. The number of ether oxygens (including phenoxy) is 1. The van der Waals surface area contributed by atoms with Crippen molar-refractivity contribution in [2.24, 2.45) is 0 Å². The number of fused-ring (bicyclic) bond motifs is 2. The van der Waals surface area contributed by atoms with E-state index < -0.39 is 12.0 Å². The van der Waals surface area contributed by atoms with Crippen LogP contribution in [0.25, 0.3) is 23.2 Å². The van der Waals surface area contributed by atoms with Crippen molar-refractivity contribution in [3.05, 3.63) is 83.6 Å². The Morgan fingerprint density at radius 3 is 2.83 bits per heavy atom. The molecule has 9 nitrogen and oxygen atoms in total. The zero-order chi connectivity index (χ0) is 24.4. The number of carboxylic acids is 1. The summed E-state index contributed by atoms with van der Waals surface area (Å²) >= 11 is 0. The highest BCUT2D eigenvalue weighted by Crippen LogP contribution is 2.30. The molecule has 5 rings (SSSR count). The number of hydrogen-bond donors (Lipinski definition) is 1. The van der Waals surface area contributed by atoms with Crippen molar-refractivity contribution >= 4 is 35.1 Å². The number of hydrogen-bond acceptors (Lipinski definition) is 6. The largest absolute Gasteiger partial charge is 0.481 e. The molecule has 4 aromatic heterocycles. The first-order chi connectivity index (χ1) is 17.0. The van der Waals surface area contributed by atoms with Crippen LogP contribution in [0.5, 0.6) is 5.88 Å². The van der Waals surface area contributed by atoms with Gasteiger partial charge in [-0.05, 0) is 47.5 Å². The van der Waals surface area contributed by atoms with Crippen LogP contribution < -0.4 is 4.74 Å². The average Bonchev–Trinajstić information content (AvgIpc) is 3.30. The molecule has 0 aromatic carbocycles. The van der Waals surface area contributed by atoms with Crippen LogP contribution in [0, 0.1) is 0 Å². The normalized spacial score (nSPS) is 14.3. The lowest BCUT2D eigenvalue weighted by Gasteiger charge is -2.34. The van der Waals surface area contributed by atoms with Crippen molar-refractivity contribution in [3.63, 3.8) is 0 Å². The summed E-state index contributed by atoms with van der Waals surface area (Å²) in [6.45, 7) is 0.957. The number of aromatic nitrogens is 4. The molecule has 1 aliphatic heterocycles. The molecule has 5 heterocycles. The summed E-state index contributed by atoms with van der Waals surface area (Å²) in [6.07, 6.45) is 8.77. The topological polar surface area (TPSA) is 110 Å². The molecule has 0 saturated heterocycles. The minimum Gasteiger partial charge on any atom is -0.481 e. The number of methoxy groups -OCH3 is 1. The molecule has 1 amide bonds. The third-order valence-corrected chi connectivity index (χ3v) is 6.01. The van der Waals surface area contributed by atoms with Crippen LogP contribution in [0.2, 0.25) is 0 Å². The zero-order valence-electron chi connectivity index (χ0n) is 19.0. The first-order valence-corrected chi connectivity index (χ1v) is 11.1. The number of carbonyl (C=O) groups is 2. The minimum absolute atomic E-state index is 0.213. The molecule has 1 aliphatic rings. The van der Waals surface area contributed by atoms with Gasteiger partial charge in [-0.15, -0.1) is 0 Å². The van der Waals surface area contributed by atoms with Gasteiger partial charge in [0.2, 0.25) is 5.88 Å². The lowest BCUT2D eigenvalue weighted by Crippen LogP contribution is -2.43. The van der Waals surface area contributed by atoms with Crippen LogP contribution in [0.3, 0.4) is 0 Å². The van der Waals surface area contributed by atoms with Gasteiger partial charge in [-0.25, -0.2) is 15.0 Å². The fraction of sp³-hybridized carbons (Fsp3) is 0.192. The van der Waals surface area contributed by atoms with E-state index in [1.54, 1.807) is 29.4 Å². The molecule has 0 fully saturated rings. The predicted octanol–water partition coefficient (Wildman–Crippen LogP) is 3.68. The smallest absolute Gasteiger partial charge is 0.305 e. The first kappa shape index (κ1) is 22.3. The van der Waals surface area contributed by atoms with Gasteiger partial charge in [0.15, 0.2) is 5.65 Å². The summed E-state index contributed by atoms with van der Waals surface area (Å²) in [6, 6.07) is 12.3. The van der Waals surface area contributed by atoms with Gasteiger partial charge in [0.05, 0.1) is 25.3 Å². The maximum atomic E-state index is 13.4. The Morgan fingerprint density at radius 1 is 1.17 bits per heavy atom. The van der Waals surface area contributed by atoms with Crippen LogP contribution in [0.15, 0.2) is 61.1 Å². The highest BCUT2D eigenvalue weighted by Gasteiger charge is 2.33. The molecule has 1 atom stereocenters. The SMILES string of the molecule is COc1ccc([C@H](CC(=O)O)N2CCn3cc(/C=C/c4ccc5cccnc5n4)cc3C2=O)cn1. The number of amides is 1. The Morgan fingerprint density at radius 2 is 2.06 bits per heavy atom. The van der Waals surface area contributed by atoms with Gasteiger partial charge in [0.25, 0.3) is 5.91 Å². The number of rotatable bonds is 7. The molecule has 1 N–H and O–H groups in total. The second-order valence-electron chi connectivity index (χ2n) is 8.22. The summed E-state index contributed by atoms with van der Waals surface area (Å²) < 4.78 is 7.00. The molecule has 4 aromatic rings. The van der Waals surface area contributed by atoms with Crippen LogP contribution in [0.1, 0.15) is 39.8 Å². The first-order valence-electron chi connectivity index (χ1n) is 11.1. The van der Waals surface area contributed by atoms with E-state index in [4.69, 9.17) is 4.74 Å². The molecule has 9 heteroatoms. The van der Waals surface area contributed by atoms with Gasteiger partial charge < -0.3 is 19.3 Å². The molecule has 0 bridgehead atoms. The van der Waals surface area contributed by atoms with E-state index in [1.165, 1.54) is 7.11 Å². The van der Waals surface area contributed by atoms with Crippen LogP contribution >= 0.6 is 0 Å². The molecule has 35 heavy (non-hydrogen) atoms. The molecular formula is C26H23N5O4. The number of aliphatic carboxylic acids is 1. The van der Waals surface area contributed by atoms with Gasteiger partial charge in [0, 0.05) is 43.1 Å². The van der Waals surface area contributed by atoms with Crippen molar-refractivity contribution < 1.29 is 19.4 Å². The second kappa shape index (κ2) is 9.38. The van der Waals surface area contributed by atoms with E-state index in [0.29, 0.717) is 35.9 Å². The molecule has 0 unspecified atom stereocenters. The van der Waals surface area contributed by atoms with Crippen molar-refractivity contribution in [2.45, 2.75) is 19.0 Å². The maximum Gasteiger partial charge on any atom is 0.305 e. The standard InChI is InChI=1S/C26H23N5O4/c1-35-23-9-6-19(15-28-23)21(14-24(32)33)31-12-11-30-16-17(13-22(30)26(31)34)4-7-20-8-5-18-3-2-10-27-25(18)29-20/h2-10,13,15-16,21H,11-12,14H2,1H3,(H,32,33)/b7-4+/t21-/m0/s1. The van der Waals surface area contributed by atoms with Crippen LogP contribution in [-0.2, 0) is 11.3 Å². The van der Waals surface area contributed by atoms with Gasteiger partial charge in [0.1, 0.15) is 5.69 Å². The van der Waals surface area contributed by atoms with Crippen molar-refractivity contribution in [1.29, 1.82) is 0 Å². The maximum absolute atomic E-state index is 13.4. The molecular weight excluding hydrogens is 446 g/mol. The van der Waals surface area contributed by atoms with E-state index in [-0.39, 0.29) is 12.3 Å². The minimum atomic E-state index is -0.986. The lowest BCUT2D eigenvalue weighted by atomic mass is 10.0. The molecule has 0 spiro atoms. The fourth-order valence-electron chi connectivity index (χ4n) is 4.27. The van der Waals surface area contributed by atoms with E-state index in [1.807, 2.05) is 53.2 Å². The summed E-state index contributed by atoms with van der Waals surface area (Å²) in [5.74, 6) is -0.777. The average molecular weight is 470 g/mol. The third kappa shape index (κ3) is 4.61. The second-order valence-corrected chi connectivity index (χ2v) is 8.22. The van der Waals surface area contributed by atoms with Gasteiger partial charge in [-0.2, -0.15) is 0 Å². The van der Waals surface area contributed by atoms with Crippen LogP contribution in [0.4, 0.5) is 0 Å². The Balaban J connectivity index is 1.39. The molecule has 0 aliphatic carbocycles. The van der Waals surface area contributed by atoms with Crippen molar-refractivity contribution in [2.75, 3.05) is 13.7 Å². The van der Waals surface area contributed by atoms with Gasteiger partial charge in [-0.1, -0.05) is 12.1 Å². The fourth-order valence-corrected chi connectivity index (χ4v) is 4.27. The monoisotopic (exact) mass is 469 g/mol. The van der Waals surface area contributed by atoms with E-state index in [0.717, 1.165) is 16.6 Å². The van der Waals surface area contributed by atoms with Crippen molar-refractivity contribution in [1.82, 2.24) is 24.4 Å². The number of pyridine rings is 3. The Hall–Kier alpha value is -4.53. The Kier molecular flexibility index (Phi) is 5.97. The predicted molar refractivity (Wildman–Crippen MR) is 130 cm³/mol. The number of nitrogens with zero attached hydrogens (tertiary/aromatic N) is 5. The Bertz CT molecular complexity index is 1430. The third-order valence-electron chi connectivity index (χ3n) is 6.01. The highest BCUT2D eigenvalue weighted by atomic mass is 16.5. The van der Waals surface area contributed by atoms with E-state index in [9.17, 15) is 14.7 Å². The van der Waals surface area contributed by atoms with Gasteiger partial charge in [-0.3, -0.25) is 9.59 Å². The molecule has 0 radical (unpaired) electrons. The number of carboxylic acid groups (broad SMARTS) is 1. The summed E-state index contributed by atoms with van der Waals surface area (Å²) in [4.78, 5) is 39.6. The van der Waals surface area contributed by atoms with Gasteiger partial charge >= 0.3 is 5.97 Å².